The molecule has 1 fully saturated rings. The van der Waals surface area contributed by atoms with E-state index in [-0.39, 0.29) is 12.0 Å². The second-order valence-corrected chi connectivity index (χ2v) is 7.92. The van der Waals surface area contributed by atoms with E-state index in [2.05, 4.69) is 47.7 Å². The zero-order chi connectivity index (χ0) is 18.3. The van der Waals surface area contributed by atoms with Crippen molar-refractivity contribution in [2.45, 2.75) is 45.8 Å². The van der Waals surface area contributed by atoms with E-state index in [4.69, 9.17) is 9.84 Å². The molecule has 1 saturated heterocycles. The minimum Gasteiger partial charge on any atom is -0.356 e. The smallest absolute Gasteiger partial charge is 0.150 e. The first-order chi connectivity index (χ1) is 12.6. The lowest BCUT2D eigenvalue weighted by molar-refractivity contribution is -0.0368. The van der Waals surface area contributed by atoms with Crippen LogP contribution >= 0.6 is 22.6 Å². The highest BCUT2D eigenvalue weighted by molar-refractivity contribution is 14.1. The number of rotatable bonds is 3. The van der Waals surface area contributed by atoms with Gasteiger partial charge in [-0.05, 0) is 95.7 Å². The van der Waals surface area contributed by atoms with Crippen molar-refractivity contribution in [3.8, 4) is 11.1 Å². The molecule has 136 valence electrons. The highest BCUT2D eigenvalue weighted by Crippen LogP contribution is 2.33. The quantitative estimate of drug-likeness (QED) is 0.444. The molecule has 5 heteroatoms. The largest absolute Gasteiger partial charge is 0.356 e. The monoisotopic (exact) mass is 464 g/mol. The minimum absolute atomic E-state index is 0.00887. The van der Waals surface area contributed by atoms with Crippen molar-refractivity contribution in [2.24, 2.45) is 0 Å². The van der Waals surface area contributed by atoms with Gasteiger partial charge >= 0.3 is 0 Å². The Labute approximate surface area is 166 Å². The first-order valence-corrected chi connectivity index (χ1v) is 10.2. The van der Waals surface area contributed by atoms with Crippen LogP contribution < -0.4 is 0 Å². The van der Waals surface area contributed by atoms with Crippen LogP contribution in [0.25, 0.3) is 22.0 Å². The van der Waals surface area contributed by atoms with Gasteiger partial charge < -0.3 is 4.74 Å². The zero-order valence-corrected chi connectivity index (χ0v) is 17.2. The van der Waals surface area contributed by atoms with Gasteiger partial charge in [-0.15, -0.1) is 0 Å². The van der Waals surface area contributed by atoms with E-state index < -0.39 is 0 Å². The number of aryl methyl sites for hydroxylation is 2. The molecule has 0 N–H and O–H groups in total. The molecule has 0 bridgehead atoms. The maximum atomic E-state index is 14.2. The summed E-state index contributed by atoms with van der Waals surface area (Å²) in [5, 5.41) is 5.85. The molecule has 1 atom stereocenters. The van der Waals surface area contributed by atoms with Crippen molar-refractivity contribution in [1.29, 1.82) is 0 Å². The minimum atomic E-state index is -0.156. The van der Waals surface area contributed by atoms with Gasteiger partial charge in [0.2, 0.25) is 0 Å². The number of hydrogen-bond acceptors (Lipinski definition) is 2. The van der Waals surface area contributed by atoms with Gasteiger partial charge in [0.05, 0.1) is 5.52 Å². The first-order valence-electron chi connectivity index (χ1n) is 9.17. The Morgan fingerprint density at radius 2 is 2.12 bits per heavy atom. The summed E-state index contributed by atoms with van der Waals surface area (Å²) >= 11 is 2.28. The van der Waals surface area contributed by atoms with Gasteiger partial charge in [0.25, 0.3) is 0 Å². The maximum Gasteiger partial charge on any atom is 0.150 e. The van der Waals surface area contributed by atoms with Gasteiger partial charge in [-0.25, -0.2) is 9.07 Å². The fourth-order valence-electron chi connectivity index (χ4n) is 3.70. The number of aromatic nitrogens is 2. The molecule has 3 nitrogen and oxygen atoms in total. The molecule has 1 aromatic heterocycles. The molecule has 0 amide bonds. The van der Waals surface area contributed by atoms with Crippen LogP contribution in [0, 0.1) is 16.4 Å². The van der Waals surface area contributed by atoms with Gasteiger partial charge in [0.1, 0.15) is 9.52 Å². The molecule has 0 radical (unpaired) electrons. The molecule has 1 unspecified atom stereocenters. The van der Waals surface area contributed by atoms with E-state index in [1.54, 1.807) is 6.07 Å². The van der Waals surface area contributed by atoms with Crippen LogP contribution in [0.2, 0.25) is 0 Å². The van der Waals surface area contributed by atoms with E-state index in [0.29, 0.717) is 5.56 Å². The third kappa shape index (κ3) is 3.16. The average Bonchev–Trinajstić information content (AvgIpc) is 3.00. The predicted molar refractivity (Wildman–Crippen MR) is 111 cm³/mol. The molecule has 1 aliphatic heterocycles. The topological polar surface area (TPSA) is 27.1 Å². The molecular weight excluding hydrogens is 442 g/mol. The Balaban J connectivity index is 1.86. The number of nitrogens with zero attached hydrogens (tertiary/aromatic N) is 2. The summed E-state index contributed by atoms with van der Waals surface area (Å²) in [4.78, 5) is 0. The van der Waals surface area contributed by atoms with Crippen LogP contribution in [0.15, 0.2) is 30.3 Å². The molecule has 3 aromatic rings. The predicted octanol–water partition coefficient (Wildman–Crippen LogP) is 6.02. The summed E-state index contributed by atoms with van der Waals surface area (Å²) in [6, 6.07) is 9.92. The Bertz CT molecular complexity index is 960. The van der Waals surface area contributed by atoms with Crippen LogP contribution in [0.4, 0.5) is 4.39 Å². The molecule has 26 heavy (non-hydrogen) atoms. The van der Waals surface area contributed by atoms with E-state index in [9.17, 15) is 4.39 Å². The van der Waals surface area contributed by atoms with Crippen molar-refractivity contribution in [1.82, 2.24) is 9.78 Å². The normalized spacial score (nSPS) is 17.8. The van der Waals surface area contributed by atoms with Crippen molar-refractivity contribution < 1.29 is 9.13 Å². The maximum absolute atomic E-state index is 14.2. The third-order valence-electron chi connectivity index (χ3n) is 5.17. The Morgan fingerprint density at radius 1 is 1.27 bits per heavy atom. The molecule has 0 saturated carbocycles. The molecule has 2 heterocycles. The fourth-order valence-corrected chi connectivity index (χ4v) is 4.39. The molecular formula is C21H22FIN2O. The Hall–Kier alpha value is -1.47. The summed E-state index contributed by atoms with van der Waals surface area (Å²) in [7, 11) is 0. The summed E-state index contributed by atoms with van der Waals surface area (Å²) in [5.74, 6) is -0.156. The second kappa shape index (κ2) is 7.27. The molecule has 0 aliphatic carbocycles. The summed E-state index contributed by atoms with van der Waals surface area (Å²) in [5.41, 5.74) is 4.91. The highest BCUT2D eigenvalue weighted by Gasteiger charge is 2.21. The zero-order valence-electron chi connectivity index (χ0n) is 15.1. The SMILES string of the molecule is CCc1cc(C)c(F)cc1-c1ccc2c(I)nn(C3CCCCO3)c2c1. The van der Waals surface area contributed by atoms with Crippen molar-refractivity contribution in [2.75, 3.05) is 6.61 Å². The van der Waals surface area contributed by atoms with E-state index >= 15 is 0 Å². The lowest BCUT2D eigenvalue weighted by atomic mass is 9.95. The molecule has 2 aromatic carbocycles. The summed E-state index contributed by atoms with van der Waals surface area (Å²) < 4.78 is 23.2. The Kier molecular flexibility index (Phi) is 5.01. The number of ether oxygens (including phenoxy) is 1. The van der Waals surface area contributed by atoms with Crippen LogP contribution in [0.3, 0.4) is 0 Å². The molecule has 0 spiro atoms. The van der Waals surface area contributed by atoms with Crippen LogP contribution in [-0.4, -0.2) is 16.4 Å². The van der Waals surface area contributed by atoms with Crippen LogP contribution in [0.5, 0.6) is 0 Å². The van der Waals surface area contributed by atoms with Gasteiger partial charge in [0, 0.05) is 12.0 Å². The van der Waals surface area contributed by atoms with E-state index in [1.165, 1.54) is 0 Å². The first kappa shape index (κ1) is 17.9. The van der Waals surface area contributed by atoms with Crippen LogP contribution in [0.1, 0.15) is 43.5 Å². The molecule has 1 aliphatic rings. The third-order valence-corrected chi connectivity index (χ3v) is 5.96. The van der Waals surface area contributed by atoms with Gasteiger partial charge in [-0.1, -0.05) is 19.1 Å². The van der Waals surface area contributed by atoms with Crippen molar-refractivity contribution in [3.63, 3.8) is 0 Å². The second-order valence-electron chi connectivity index (χ2n) is 6.90. The van der Waals surface area contributed by atoms with Gasteiger partial charge in [0.15, 0.2) is 6.23 Å². The summed E-state index contributed by atoms with van der Waals surface area (Å²) in [6.45, 7) is 4.71. The van der Waals surface area contributed by atoms with E-state index in [0.717, 1.165) is 63.6 Å². The fraction of sp³-hybridized carbons (Fsp3) is 0.381. The highest BCUT2D eigenvalue weighted by atomic mass is 127. The number of halogens is 2. The van der Waals surface area contributed by atoms with E-state index in [1.807, 2.05) is 17.7 Å². The van der Waals surface area contributed by atoms with Crippen LogP contribution in [-0.2, 0) is 11.2 Å². The number of fused-ring (bicyclic) bond motifs is 1. The number of benzene rings is 2. The standard InChI is InChI=1S/C21H22FIN2O/c1-3-14-10-13(2)18(22)12-17(14)15-7-8-16-19(11-15)25(24-21(16)23)20-6-4-5-9-26-20/h7-8,10-12,20H,3-6,9H2,1-2H3. The lowest BCUT2D eigenvalue weighted by Gasteiger charge is -2.23. The molecule has 4 rings (SSSR count). The lowest BCUT2D eigenvalue weighted by Crippen LogP contribution is -2.19. The van der Waals surface area contributed by atoms with Gasteiger partial charge in [-0.3, -0.25) is 0 Å². The van der Waals surface area contributed by atoms with Gasteiger partial charge in [-0.2, -0.15) is 5.10 Å². The summed E-state index contributed by atoms with van der Waals surface area (Å²) in [6.07, 6.45) is 4.12. The number of hydrogen-bond donors (Lipinski definition) is 0. The Morgan fingerprint density at radius 3 is 2.85 bits per heavy atom. The van der Waals surface area contributed by atoms with Crippen molar-refractivity contribution >= 4 is 33.5 Å². The average molecular weight is 464 g/mol. The van der Waals surface area contributed by atoms with Crippen molar-refractivity contribution in [3.05, 3.63) is 51.0 Å².